The molecule has 1 spiro atoms. The number of amides is 1. The molecule has 3 fully saturated rings. The van der Waals surface area contributed by atoms with Crippen LogP contribution >= 0.6 is 0 Å². The Morgan fingerprint density at radius 1 is 1.41 bits per heavy atom. The second-order valence-electron chi connectivity index (χ2n) is 9.24. The Balaban J connectivity index is 1.37. The number of hydrogen-bond acceptors (Lipinski definition) is 5. The van der Waals surface area contributed by atoms with Gasteiger partial charge in [-0.3, -0.25) is 9.69 Å². The van der Waals surface area contributed by atoms with Crippen molar-refractivity contribution in [2.75, 3.05) is 19.6 Å². The van der Waals surface area contributed by atoms with Crippen LogP contribution in [0.3, 0.4) is 0 Å². The first-order valence-corrected chi connectivity index (χ1v) is 10.5. The monoisotopic (exact) mass is 375 g/mol. The van der Waals surface area contributed by atoms with E-state index in [4.69, 9.17) is 9.26 Å². The van der Waals surface area contributed by atoms with E-state index >= 15 is 0 Å². The maximum absolute atomic E-state index is 12.2. The highest BCUT2D eigenvalue weighted by Gasteiger charge is 2.62. The maximum Gasteiger partial charge on any atom is 0.220 e. The summed E-state index contributed by atoms with van der Waals surface area (Å²) < 4.78 is 11.8. The van der Waals surface area contributed by atoms with E-state index in [-0.39, 0.29) is 11.5 Å². The number of ether oxygens (including phenoxy) is 1. The molecule has 3 saturated heterocycles. The van der Waals surface area contributed by atoms with E-state index in [1.54, 1.807) is 0 Å². The lowest BCUT2D eigenvalue weighted by molar-refractivity contribution is -0.121. The molecule has 150 valence electrons. The van der Waals surface area contributed by atoms with E-state index in [1.165, 1.54) is 5.56 Å². The van der Waals surface area contributed by atoms with Crippen LogP contribution in [0.25, 0.3) is 0 Å². The molecular weight excluding hydrogens is 342 g/mol. The number of aromatic nitrogens is 1. The summed E-state index contributed by atoms with van der Waals surface area (Å²) in [6.45, 7) is 12.0. The van der Waals surface area contributed by atoms with E-state index in [0.717, 1.165) is 56.9 Å². The second kappa shape index (κ2) is 7.21. The third-order valence-corrected chi connectivity index (χ3v) is 6.90. The summed E-state index contributed by atoms with van der Waals surface area (Å²) in [6.07, 6.45) is 4.18. The van der Waals surface area contributed by atoms with Gasteiger partial charge in [0.05, 0.1) is 17.4 Å². The lowest BCUT2D eigenvalue weighted by Crippen LogP contribution is -2.41. The van der Waals surface area contributed by atoms with Crippen LogP contribution in [0.1, 0.15) is 56.5 Å². The number of nitrogens with zero attached hydrogens (tertiary/aromatic N) is 2. The number of carbonyl (C=O) groups excluding carboxylic acids is 1. The first kappa shape index (κ1) is 18.9. The molecular formula is C21H33N3O3. The van der Waals surface area contributed by atoms with Crippen LogP contribution in [0, 0.1) is 31.6 Å². The number of nitrogens with one attached hydrogen (secondary N) is 1. The normalized spacial score (nSPS) is 32.4. The van der Waals surface area contributed by atoms with Gasteiger partial charge in [0.1, 0.15) is 5.76 Å². The van der Waals surface area contributed by atoms with Crippen LogP contribution in [0.4, 0.5) is 0 Å². The Labute approximate surface area is 162 Å². The van der Waals surface area contributed by atoms with Gasteiger partial charge in [0.2, 0.25) is 5.91 Å². The molecule has 6 nitrogen and oxygen atoms in total. The van der Waals surface area contributed by atoms with Crippen molar-refractivity contribution in [3.8, 4) is 0 Å². The van der Waals surface area contributed by atoms with Crippen LogP contribution in [0.5, 0.6) is 0 Å². The van der Waals surface area contributed by atoms with E-state index in [2.05, 4.69) is 29.2 Å². The lowest BCUT2D eigenvalue weighted by atomic mass is 9.73. The fraction of sp³-hybridized carbons (Fsp3) is 0.810. The van der Waals surface area contributed by atoms with Gasteiger partial charge in [0.15, 0.2) is 0 Å². The SMILES string of the molecule is Cc1noc(C)c1CN1C[C@@H]2[C@H](CNC(=O)CCC(C)C)[C@H]3CC[C@]2(C1)O3. The topological polar surface area (TPSA) is 67.6 Å². The van der Waals surface area contributed by atoms with Crippen LogP contribution in [-0.2, 0) is 16.1 Å². The second-order valence-corrected chi connectivity index (χ2v) is 9.24. The Kier molecular flexibility index (Phi) is 5.06. The smallest absolute Gasteiger partial charge is 0.220 e. The van der Waals surface area contributed by atoms with Crippen LogP contribution in [0.15, 0.2) is 4.52 Å². The maximum atomic E-state index is 12.2. The highest BCUT2D eigenvalue weighted by atomic mass is 16.5. The summed E-state index contributed by atoms with van der Waals surface area (Å²) in [4.78, 5) is 14.7. The predicted molar refractivity (Wildman–Crippen MR) is 102 cm³/mol. The third kappa shape index (κ3) is 3.54. The van der Waals surface area contributed by atoms with Crippen molar-refractivity contribution in [2.24, 2.45) is 17.8 Å². The third-order valence-electron chi connectivity index (χ3n) is 6.90. The number of hydrogen-bond donors (Lipinski definition) is 1. The van der Waals surface area contributed by atoms with E-state index in [9.17, 15) is 4.79 Å². The summed E-state index contributed by atoms with van der Waals surface area (Å²) in [5, 5.41) is 7.28. The van der Waals surface area contributed by atoms with Gasteiger partial charge >= 0.3 is 0 Å². The van der Waals surface area contributed by atoms with Crippen molar-refractivity contribution >= 4 is 5.91 Å². The molecule has 1 N–H and O–H groups in total. The van der Waals surface area contributed by atoms with Crippen molar-refractivity contribution in [2.45, 2.75) is 71.6 Å². The molecule has 0 aliphatic carbocycles. The number of likely N-dealkylation sites (tertiary alicyclic amines) is 1. The Morgan fingerprint density at radius 2 is 2.22 bits per heavy atom. The minimum absolute atomic E-state index is 0.00301. The molecule has 1 aromatic rings. The van der Waals surface area contributed by atoms with Gasteiger partial charge < -0.3 is 14.6 Å². The zero-order valence-electron chi connectivity index (χ0n) is 17.1. The average molecular weight is 376 g/mol. The van der Waals surface area contributed by atoms with E-state index < -0.39 is 0 Å². The minimum Gasteiger partial charge on any atom is -0.370 e. The quantitative estimate of drug-likeness (QED) is 0.794. The molecule has 1 aromatic heterocycles. The summed E-state index contributed by atoms with van der Waals surface area (Å²) in [5.41, 5.74) is 2.19. The fourth-order valence-electron chi connectivity index (χ4n) is 5.37. The largest absolute Gasteiger partial charge is 0.370 e. The molecule has 0 saturated carbocycles. The van der Waals surface area contributed by atoms with Gasteiger partial charge in [-0.15, -0.1) is 0 Å². The summed E-state index contributed by atoms with van der Waals surface area (Å²) in [5.74, 6) is 2.63. The number of rotatable bonds is 7. The standard InChI is InChI=1S/C21H33N3O3/c1-13(2)5-6-20(25)22-9-16-18-11-24(10-17-14(3)23-27-15(17)4)12-21(18)8-7-19(16)26-21/h13,16,18-19H,5-12H2,1-4H3,(H,22,25)/t16-,18+,19+,21+/m0/s1. The van der Waals surface area contributed by atoms with Crippen molar-refractivity contribution in [1.82, 2.24) is 15.4 Å². The first-order valence-electron chi connectivity index (χ1n) is 10.5. The van der Waals surface area contributed by atoms with Gasteiger partial charge in [-0.1, -0.05) is 19.0 Å². The Morgan fingerprint density at radius 3 is 2.93 bits per heavy atom. The number of carbonyl (C=O) groups is 1. The predicted octanol–water partition coefficient (Wildman–Crippen LogP) is 2.82. The Bertz CT molecular complexity index is 681. The van der Waals surface area contributed by atoms with Gasteiger partial charge in [-0.05, 0) is 39.0 Å². The van der Waals surface area contributed by atoms with Crippen LogP contribution in [0.2, 0.25) is 0 Å². The zero-order chi connectivity index (χ0) is 19.2. The van der Waals surface area contributed by atoms with Gasteiger partial charge in [-0.25, -0.2) is 0 Å². The van der Waals surface area contributed by atoms with Crippen molar-refractivity contribution < 1.29 is 14.1 Å². The van der Waals surface area contributed by atoms with Crippen LogP contribution in [-0.4, -0.2) is 47.3 Å². The molecule has 27 heavy (non-hydrogen) atoms. The molecule has 4 rings (SSSR count). The highest BCUT2D eigenvalue weighted by molar-refractivity contribution is 5.75. The van der Waals surface area contributed by atoms with Crippen molar-refractivity contribution in [3.05, 3.63) is 17.0 Å². The molecule has 2 bridgehead atoms. The Hall–Kier alpha value is -1.40. The van der Waals surface area contributed by atoms with Gasteiger partial charge in [0.25, 0.3) is 0 Å². The van der Waals surface area contributed by atoms with Crippen molar-refractivity contribution in [3.63, 3.8) is 0 Å². The molecule has 3 aliphatic rings. The summed E-state index contributed by atoms with van der Waals surface area (Å²) in [6, 6.07) is 0. The average Bonchev–Trinajstić information content (AvgIpc) is 3.34. The molecule has 1 amide bonds. The molecule has 3 aliphatic heterocycles. The summed E-state index contributed by atoms with van der Waals surface area (Å²) >= 11 is 0. The molecule has 6 heteroatoms. The van der Waals surface area contributed by atoms with Crippen LogP contribution < -0.4 is 5.32 Å². The van der Waals surface area contributed by atoms with E-state index in [1.807, 2.05) is 13.8 Å². The summed E-state index contributed by atoms with van der Waals surface area (Å²) in [7, 11) is 0. The molecule has 4 atom stereocenters. The lowest BCUT2D eigenvalue weighted by Gasteiger charge is -2.29. The fourth-order valence-corrected chi connectivity index (χ4v) is 5.37. The molecule has 0 unspecified atom stereocenters. The van der Waals surface area contributed by atoms with Gasteiger partial charge in [0, 0.05) is 50.0 Å². The zero-order valence-corrected chi connectivity index (χ0v) is 17.1. The first-order chi connectivity index (χ1) is 12.9. The molecule has 0 aromatic carbocycles. The van der Waals surface area contributed by atoms with E-state index in [0.29, 0.717) is 30.3 Å². The molecule has 0 radical (unpaired) electrons. The van der Waals surface area contributed by atoms with Crippen molar-refractivity contribution in [1.29, 1.82) is 0 Å². The number of aryl methyl sites for hydroxylation is 2. The highest BCUT2D eigenvalue weighted by Crippen LogP contribution is 2.54. The molecule has 4 heterocycles. The van der Waals surface area contributed by atoms with Gasteiger partial charge in [-0.2, -0.15) is 0 Å². The minimum atomic E-state index is -0.00301. The number of fused-ring (bicyclic) bond motifs is 1.